The Labute approximate surface area is 194 Å². The predicted molar refractivity (Wildman–Crippen MR) is 126 cm³/mol. The van der Waals surface area contributed by atoms with Crippen LogP contribution in [0.15, 0.2) is 48.5 Å². The molecule has 33 heavy (non-hydrogen) atoms. The molecule has 2 amide bonds. The molecule has 2 aromatic carbocycles. The second-order valence-electron chi connectivity index (χ2n) is 8.38. The van der Waals surface area contributed by atoms with E-state index in [4.69, 9.17) is 9.84 Å². The van der Waals surface area contributed by atoms with Gasteiger partial charge in [0.15, 0.2) is 0 Å². The van der Waals surface area contributed by atoms with Crippen molar-refractivity contribution in [2.75, 3.05) is 6.61 Å². The Morgan fingerprint density at radius 2 is 1.58 bits per heavy atom. The predicted octanol–water partition coefficient (Wildman–Crippen LogP) is 4.45. The number of hydrogen-bond acceptors (Lipinski definition) is 4. The van der Waals surface area contributed by atoms with E-state index in [-0.39, 0.29) is 18.9 Å². The SMILES string of the molecule is CCCCC(CC(=O)N[C@@H](CC)C(=O)O)NC(=O)OCC1c2ccccc2-c2ccccc21. The lowest BCUT2D eigenvalue weighted by Gasteiger charge is -2.21. The molecule has 1 aliphatic rings. The molecule has 7 heteroatoms. The summed E-state index contributed by atoms with van der Waals surface area (Å²) in [4.78, 5) is 36.1. The summed E-state index contributed by atoms with van der Waals surface area (Å²) in [6.45, 7) is 3.92. The van der Waals surface area contributed by atoms with E-state index >= 15 is 0 Å². The molecule has 1 unspecified atom stereocenters. The van der Waals surface area contributed by atoms with Gasteiger partial charge in [-0.05, 0) is 35.1 Å². The summed E-state index contributed by atoms with van der Waals surface area (Å²) < 4.78 is 5.60. The molecule has 3 rings (SSSR count). The lowest BCUT2D eigenvalue weighted by atomic mass is 9.98. The third-order valence-corrected chi connectivity index (χ3v) is 6.05. The standard InChI is InChI=1S/C26H32N2O5/c1-3-5-10-17(15-24(29)28-23(4-2)25(30)31)27-26(32)33-16-22-20-13-8-6-11-18(20)19-12-7-9-14-21(19)22/h6-9,11-14,17,22-23H,3-5,10,15-16H2,1-2H3,(H,27,32)(H,28,29)(H,30,31)/t17?,23-/m0/s1. The van der Waals surface area contributed by atoms with Crippen LogP contribution in [0.5, 0.6) is 0 Å². The van der Waals surface area contributed by atoms with Crippen LogP contribution in [0.4, 0.5) is 4.79 Å². The minimum Gasteiger partial charge on any atom is -0.480 e. The van der Waals surface area contributed by atoms with Crippen molar-refractivity contribution in [1.29, 1.82) is 0 Å². The van der Waals surface area contributed by atoms with E-state index in [2.05, 4.69) is 34.9 Å². The van der Waals surface area contributed by atoms with E-state index < -0.39 is 30.1 Å². The molecule has 1 aliphatic carbocycles. The van der Waals surface area contributed by atoms with Gasteiger partial charge in [-0.25, -0.2) is 9.59 Å². The van der Waals surface area contributed by atoms with Crippen LogP contribution in [0.3, 0.4) is 0 Å². The normalized spacial score (nSPS) is 14.0. The van der Waals surface area contributed by atoms with Crippen LogP contribution < -0.4 is 10.6 Å². The lowest BCUT2D eigenvalue weighted by Crippen LogP contribution is -2.44. The summed E-state index contributed by atoms with van der Waals surface area (Å²) in [5.41, 5.74) is 4.58. The first-order valence-corrected chi connectivity index (χ1v) is 11.6. The molecule has 0 aromatic heterocycles. The van der Waals surface area contributed by atoms with E-state index in [1.165, 1.54) is 0 Å². The first-order chi connectivity index (χ1) is 15.9. The van der Waals surface area contributed by atoms with Crippen LogP contribution in [-0.2, 0) is 14.3 Å². The molecule has 3 N–H and O–H groups in total. The van der Waals surface area contributed by atoms with Crippen molar-refractivity contribution in [3.8, 4) is 11.1 Å². The lowest BCUT2D eigenvalue weighted by molar-refractivity contribution is -0.142. The van der Waals surface area contributed by atoms with Gasteiger partial charge < -0.3 is 20.5 Å². The minimum atomic E-state index is -1.07. The van der Waals surface area contributed by atoms with Crippen LogP contribution in [0.1, 0.15) is 63.0 Å². The van der Waals surface area contributed by atoms with Gasteiger partial charge in [0.1, 0.15) is 12.6 Å². The van der Waals surface area contributed by atoms with Crippen LogP contribution >= 0.6 is 0 Å². The number of alkyl carbamates (subject to hydrolysis) is 1. The Morgan fingerprint density at radius 1 is 0.970 bits per heavy atom. The Hall–Kier alpha value is -3.35. The van der Waals surface area contributed by atoms with E-state index in [0.717, 1.165) is 35.1 Å². The van der Waals surface area contributed by atoms with E-state index in [1.807, 2.05) is 31.2 Å². The Bertz CT molecular complexity index is 945. The highest BCUT2D eigenvalue weighted by Crippen LogP contribution is 2.44. The number of carboxylic acid groups (broad SMARTS) is 1. The largest absolute Gasteiger partial charge is 0.480 e. The summed E-state index contributed by atoms with van der Waals surface area (Å²) in [6.07, 6.45) is 2.08. The van der Waals surface area contributed by atoms with Gasteiger partial charge >= 0.3 is 12.1 Å². The van der Waals surface area contributed by atoms with Crippen LogP contribution in [0.2, 0.25) is 0 Å². The van der Waals surface area contributed by atoms with E-state index in [9.17, 15) is 14.4 Å². The molecule has 2 atom stereocenters. The van der Waals surface area contributed by atoms with Crippen molar-refractivity contribution < 1.29 is 24.2 Å². The van der Waals surface area contributed by atoms with Crippen LogP contribution in [0.25, 0.3) is 11.1 Å². The number of benzene rings is 2. The first-order valence-electron chi connectivity index (χ1n) is 11.6. The summed E-state index contributed by atoms with van der Waals surface area (Å²) in [5, 5.41) is 14.5. The zero-order chi connectivity index (χ0) is 23.8. The molecule has 0 radical (unpaired) electrons. The highest BCUT2D eigenvalue weighted by molar-refractivity contribution is 5.84. The van der Waals surface area contributed by atoms with E-state index in [0.29, 0.717) is 12.8 Å². The van der Waals surface area contributed by atoms with Gasteiger partial charge in [-0.15, -0.1) is 0 Å². The van der Waals surface area contributed by atoms with Gasteiger partial charge in [0.25, 0.3) is 0 Å². The molecular weight excluding hydrogens is 420 g/mol. The van der Waals surface area contributed by atoms with Gasteiger partial charge in [-0.1, -0.05) is 75.2 Å². The van der Waals surface area contributed by atoms with Crippen LogP contribution in [-0.4, -0.2) is 41.8 Å². The number of rotatable bonds is 11. The number of hydrogen-bond donors (Lipinski definition) is 3. The number of carboxylic acids is 1. The topological polar surface area (TPSA) is 105 Å². The number of aliphatic carboxylic acids is 1. The van der Waals surface area contributed by atoms with Gasteiger partial charge in [0.05, 0.1) is 0 Å². The number of unbranched alkanes of at least 4 members (excludes halogenated alkanes) is 1. The van der Waals surface area contributed by atoms with Gasteiger partial charge in [-0.3, -0.25) is 4.79 Å². The smallest absolute Gasteiger partial charge is 0.407 e. The van der Waals surface area contributed by atoms with Crippen molar-refractivity contribution >= 4 is 18.0 Å². The average molecular weight is 453 g/mol. The van der Waals surface area contributed by atoms with Crippen molar-refractivity contribution in [2.45, 2.75) is 64.0 Å². The Balaban J connectivity index is 1.60. The maximum absolute atomic E-state index is 12.6. The maximum atomic E-state index is 12.6. The highest BCUT2D eigenvalue weighted by atomic mass is 16.5. The van der Waals surface area contributed by atoms with Crippen molar-refractivity contribution in [1.82, 2.24) is 10.6 Å². The molecule has 0 heterocycles. The zero-order valence-electron chi connectivity index (χ0n) is 19.2. The monoisotopic (exact) mass is 452 g/mol. The maximum Gasteiger partial charge on any atom is 0.407 e. The first kappa shape index (κ1) is 24.3. The molecular formula is C26H32N2O5. The second kappa shape index (κ2) is 11.5. The molecule has 2 aromatic rings. The fourth-order valence-electron chi connectivity index (χ4n) is 4.30. The van der Waals surface area contributed by atoms with E-state index in [1.54, 1.807) is 6.92 Å². The molecule has 0 saturated heterocycles. The molecule has 176 valence electrons. The molecule has 0 saturated carbocycles. The number of ether oxygens (including phenoxy) is 1. The fraction of sp³-hybridized carbons (Fsp3) is 0.423. The zero-order valence-corrected chi connectivity index (χ0v) is 19.2. The average Bonchev–Trinajstić information content (AvgIpc) is 3.13. The third kappa shape index (κ3) is 6.12. The number of amides is 2. The molecule has 7 nitrogen and oxygen atoms in total. The summed E-state index contributed by atoms with van der Waals surface area (Å²) in [7, 11) is 0. The second-order valence-corrected chi connectivity index (χ2v) is 8.38. The third-order valence-electron chi connectivity index (χ3n) is 6.05. The van der Waals surface area contributed by atoms with Crippen molar-refractivity contribution in [2.24, 2.45) is 0 Å². The minimum absolute atomic E-state index is 0.00791. The van der Waals surface area contributed by atoms with Gasteiger partial charge in [0, 0.05) is 18.4 Å². The Kier molecular flexibility index (Phi) is 8.46. The summed E-state index contributed by atoms with van der Waals surface area (Å²) in [5.74, 6) is -1.51. The molecule has 0 spiro atoms. The van der Waals surface area contributed by atoms with Crippen molar-refractivity contribution in [3.05, 3.63) is 59.7 Å². The number of nitrogens with one attached hydrogen (secondary N) is 2. The molecule has 0 fully saturated rings. The quantitative estimate of drug-likeness (QED) is 0.467. The number of carbonyl (C=O) groups excluding carboxylic acids is 2. The number of fused-ring (bicyclic) bond motifs is 3. The Morgan fingerprint density at radius 3 is 2.12 bits per heavy atom. The molecule has 0 aliphatic heterocycles. The summed E-state index contributed by atoms with van der Waals surface area (Å²) in [6, 6.07) is 14.9. The highest BCUT2D eigenvalue weighted by Gasteiger charge is 2.29. The molecule has 0 bridgehead atoms. The van der Waals surface area contributed by atoms with Crippen LogP contribution in [0, 0.1) is 0 Å². The number of carbonyl (C=O) groups is 3. The van der Waals surface area contributed by atoms with Gasteiger partial charge in [-0.2, -0.15) is 0 Å². The van der Waals surface area contributed by atoms with Crippen molar-refractivity contribution in [3.63, 3.8) is 0 Å². The fourth-order valence-corrected chi connectivity index (χ4v) is 4.30. The summed E-state index contributed by atoms with van der Waals surface area (Å²) >= 11 is 0. The van der Waals surface area contributed by atoms with Gasteiger partial charge in [0.2, 0.25) is 5.91 Å².